The summed E-state index contributed by atoms with van der Waals surface area (Å²) in [6.45, 7) is 6.04. The molecule has 5 nitrogen and oxygen atoms in total. The van der Waals surface area contributed by atoms with Crippen LogP contribution in [0.3, 0.4) is 0 Å². The molecule has 0 saturated carbocycles. The highest BCUT2D eigenvalue weighted by molar-refractivity contribution is 7.11. The molecule has 2 aliphatic heterocycles. The predicted octanol–water partition coefficient (Wildman–Crippen LogP) is 5.38. The standard InChI is InChI=1S/C26H25NO4S/c1-16-9-11-32-23(16)13-22-25(28)24-17(2)12-21-20(26(24)31-22)14-27(15-30-21)10-8-18-4-6-19(29-3)7-5-18/h4-7,9,11-13H,8,10,14-15H2,1-3H3/b22-13+. The molecule has 0 aliphatic carbocycles. The van der Waals surface area contributed by atoms with Gasteiger partial charge in [0, 0.05) is 24.0 Å². The van der Waals surface area contributed by atoms with Gasteiger partial charge in [-0.25, -0.2) is 0 Å². The van der Waals surface area contributed by atoms with Crippen molar-refractivity contribution in [2.75, 3.05) is 20.4 Å². The van der Waals surface area contributed by atoms with E-state index >= 15 is 0 Å². The molecule has 1 aromatic heterocycles. The number of hydrogen-bond donors (Lipinski definition) is 0. The third-order valence-electron chi connectivity index (χ3n) is 6.03. The lowest BCUT2D eigenvalue weighted by Gasteiger charge is -2.30. The molecule has 0 radical (unpaired) electrons. The van der Waals surface area contributed by atoms with Crippen LogP contribution >= 0.6 is 11.3 Å². The number of fused-ring (bicyclic) bond motifs is 3. The zero-order valence-electron chi connectivity index (χ0n) is 18.4. The number of allylic oxidation sites excluding steroid dienone is 1. The van der Waals surface area contributed by atoms with Crippen LogP contribution in [-0.2, 0) is 13.0 Å². The van der Waals surface area contributed by atoms with Crippen molar-refractivity contribution in [3.8, 4) is 17.2 Å². The Morgan fingerprint density at radius 1 is 1.16 bits per heavy atom. The van der Waals surface area contributed by atoms with E-state index in [1.807, 2.05) is 49.6 Å². The predicted molar refractivity (Wildman–Crippen MR) is 126 cm³/mol. The van der Waals surface area contributed by atoms with Gasteiger partial charge in [0.05, 0.1) is 18.2 Å². The summed E-state index contributed by atoms with van der Waals surface area (Å²) >= 11 is 1.61. The fourth-order valence-electron chi connectivity index (χ4n) is 4.15. The van der Waals surface area contributed by atoms with E-state index in [2.05, 4.69) is 17.0 Å². The molecule has 2 aromatic carbocycles. The summed E-state index contributed by atoms with van der Waals surface area (Å²) < 4.78 is 17.5. The maximum atomic E-state index is 13.1. The number of carbonyl (C=O) groups excluding carboxylic acids is 1. The van der Waals surface area contributed by atoms with Crippen LogP contribution in [0, 0.1) is 13.8 Å². The van der Waals surface area contributed by atoms with Crippen molar-refractivity contribution in [2.45, 2.75) is 26.8 Å². The van der Waals surface area contributed by atoms with Crippen molar-refractivity contribution < 1.29 is 19.0 Å². The number of aryl methyl sites for hydroxylation is 2. The van der Waals surface area contributed by atoms with E-state index in [0.29, 0.717) is 30.3 Å². The zero-order chi connectivity index (χ0) is 22.2. The lowest BCUT2D eigenvalue weighted by Crippen LogP contribution is -2.33. The summed E-state index contributed by atoms with van der Waals surface area (Å²) in [6, 6.07) is 12.2. The van der Waals surface area contributed by atoms with Crippen LogP contribution in [0.2, 0.25) is 0 Å². The summed E-state index contributed by atoms with van der Waals surface area (Å²) in [7, 11) is 1.67. The van der Waals surface area contributed by atoms with Gasteiger partial charge in [-0.15, -0.1) is 11.3 Å². The number of methoxy groups -OCH3 is 1. The van der Waals surface area contributed by atoms with Crippen molar-refractivity contribution in [2.24, 2.45) is 0 Å². The van der Waals surface area contributed by atoms with Gasteiger partial charge in [0.2, 0.25) is 5.78 Å². The summed E-state index contributed by atoms with van der Waals surface area (Å²) in [6.07, 6.45) is 2.76. The first-order valence-corrected chi connectivity index (χ1v) is 11.5. The lowest BCUT2D eigenvalue weighted by molar-refractivity contribution is 0.0949. The highest BCUT2D eigenvalue weighted by Crippen LogP contribution is 2.44. The van der Waals surface area contributed by atoms with Gasteiger partial charge in [0.25, 0.3) is 0 Å². The van der Waals surface area contributed by atoms with Crippen LogP contribution in [0.5, 0.6) is 17.2 Å². The van der Waals surface area contributed by atoms with Crippen LogP contribution in [0.4, 0.5) is 0 Å². The Morgan fingerprint density at radius 3 is 2.69 bits per heavy atom. The second-order valence-electron chi connectivity index (χ2n) is 8.21. The van der Waals surface area contributed by atoms with Crippen molar-refractivity contribution in [1.29, 1.82) is 0 Å². The first-order chi connectivity index (χ1) is 15.5. The SMILES string of the molecule is COc1ccc(CCN2COc3cc(C)c4c(c3C2)O/C(=C/c2sccc2C)C4=O)cc1. The molecular formula is C26H25NO4S. The number of ether oxygens (including phenoxy) is 3. The normalized spacial score (nSPS) is 16.5. The number of thiophene rings is 1. The average Bonchev–Trinajstić information content (AvgIpc) is 3.36. The molecule has 3 aromatic rings. The summed E-state index contributed by atoms with van der Waals surface area (Å²) in [4.78, 5) is 16.4. The molecule has 0 bridgehead atoms. The topological polar surface area (TPSA) is 48.0 Å². The number of Topliss-reactive ketones (excluding diaryl/α,β-unsaturated/α-hetero) is 1. The van der Waals surface area contributed by atoms with Gasteiger partial charge in [0.1, 0.15) is 24.0 Å². The lowest BCUT2D eigenvalue weighted by atomic mass is 9.98. The Kier molecular flexibility index (Phi) is 5.49. The summed E-state index contributed by atoms with van der Waals surface area (Å²) in [5, 5.41) is 2.02. The number of ketones is 1. The van der Waals surface area contributed by atoms with E-state index in [1.165, 1.54) is 5.56 Å². The van der Waals surface area contributed by atoms with E-state index in [1.54, 1.807) is 18.4 Å². The second kappa shape index (κ2) is 8.45. The Morgan fingerprint density at radius 2 is 1.97 bits per heavy atom. The molecule has 3 heterocycles. The molecule has 0 saturated heterocycles. The maximum Gasteiger partial charge on any atom is 0.232 e. The maximum absolute atomic E-state index is 13.1. The zero-order valence-corrected chi connectivity index (χ0v) is 19.3. The van der Waals surface area contributed by atoms with E-state index in [4.69, 9.17) is 14.2 Å². The van der Waals surface area contributed by atoms with Gasteiger partial charge in [-0.3, -0.25) is 9.69 Å². The molecule has 164 valence electrons. The third kappa shape index (κ3) is 3.80. The third-order valence-corrected chi connectivity index (χ3v) is 6.99. The van der Waals surface area contributed by atoms with E-state index in [0.717, 1.165) is 46.0 Å². The molecule has 0 atom stereocenters. The minimum atomic E-state index is -0.0524. The minimum absolute atomic E-state index is 0.0524. The van der Waals surface area contributed by atoms with Gasteiger partial charge in [-0.05, 0) is 66.6 Å². The summed E-state index contributed by atoms with van der Waals surface area (Å²) in [5.74, 6) is 2.65. The molecule has 6 heteroatoms. The first-order valence-electron chi connectivity index (χ1n) is 10.7. The summed E-state index contributed by atoms with van der Waals surface area (Å²) in [5.41, 5.74) is 4.88. The largest absolute Gasteiger partial charge is 0.497 e. The fourth-order valence-corrected chi connectivity index (χ4v) is 5.00. The van der Waals surface area contributed by atoms with Gasteiger partial charge in [-0.2, -0.15) is 0 Å². The van der Waals surface area contributed by atoms with Gasteiger partial charge < -0.3 is 14.2 Å². The molecule has 0 fully saturated rings. The Bertz CT molecular complexity index is 1210. The number of hydrogen-bond acceptors (Lipinski definition) is 6. The van der Waals surface area contributed by atoms with Crippen molar-refractivity contribution in [1.82, 2.24) is 4.90 Å². The molecule has 0 N–H and O–H groups in total. The number of nitrogens with zero attached hydrogens (tertiary/aromatic N) is 1. The smallest absolute Gasteiger partial charge is 0.232 e. The van der Waals surface area contributed by atoms with Gasteiger partial charge in [0.15, 0.2) is 5.76 Å². The van der Waals surface area contributed by atoms with Crippen LogP contribution in [0.25, 0.3) is 6.08 Å². The van der Waals surface area contributed by atoms with Gasteiger partial charge >= 0.3 is 0 Å². The first kappa shape index (κ1) is 20.8. The second-order valence-corrected chi connectivity index (χ2v) is 9.15. The number of benzene rings is 2. The van der Waals surface area contributed by atoms with Crippen molar-refractivity contribution in [3.63, 3.8) is 0 Å². The molecule has 5 rings (SSSR count). The van der Waals surface area contributed by atoms with E-state index < -0.39 is 0 Å². The van der Waals surface area contributed by atoms with E-state index in [-0.39, 0.29) is 5.78 Å². The molecular weight excluding hydrogens is 422 g/mol. The highest BCUT2D eigenvalue weighted by atomic mass is 32.1. The van der Waals surface area contributed by atoms with Gasteiger partial charge in [-0.1, -0.05) is 12.1 Å². The molecule has 32 heavy (non-hydrogen) atoms. The molecule has 2 aliphatic rings. The minimum Gasteiger partial charge on any atom is -0.497 e. The van der Waals surface area contributed by atoms with Crippen LogP contribution < -0.4 is 14.2 Å². The van der Waals surface area contributed by atoms with Crippen LogP contribution in [-0.4, -0.2) is 31.1 Å². The monoisotopic (exact) mass is 447 g/mol. The average molecular weight is 448 g/mol. The Balaban J connectivity index is 1.37. The number of carbonyl (C=O) groups is 1. The van der Waals surface area contributed by atoms with E-state index in [9.17, 15) is 4.79 Å². The molecule has 0 spiro atoms. The Labute approximate surface area is 191 Å². The van der Waals surface area contributed by atoms with Crippen LogP contribution in [0.15, 0.2) is 47.5 Å². The quantitative estimate of drug-likeness (QED) is 0.491. The van der Waals surface area contributed by atoms with Crippen molar-refractivity contribution >= 4 is 23.2 Å². The van der Waals surface area contributed by atoms with Crippen molar-refractivity contribution in [3.05, 3.63) is 80.2 Å². The number of rotatable bonds is 5. The Hall–Kier alpha value is -3.09. The molecule has 0 unspecified atom stereocenters. The highest BCUT2D eigenvalue weighted by Gasteiger charge is 2.35. The molecule has 0 amide bonds. The fraction of sp³-hybridized carbons (Fsp3) is 0.269. The van der Waals surface area contributed by atoms with Crippen LogP contribution in [0.1, 0.15) is 37.5 Å².